The van der Waals surface area contributed by atoms with Crippen molar-refractivity contribution < 1.29 is 14.3 Å². The summed E-state index contributed by atoms with van der Waals surface area (Å²) in [6.07, 6.45) is 6.24. The van der Waals surface area contributed by atoms with Crippen LogP contribution >= 0.6 is 0 Å². The fourth-order valence-corrected chi connectivity index (χ4v) is 1.80. The molecule has 1 heterocycles. The van der Waals surface area contributed by atoms with Gasteiger partial charge >= 0.3 is 0 Å². The predicted octanol–water partition coefficient (Wildman–Crippen LogP) is 1.56. The van der Waals surface area contributed by atoms with Crippen LogP contribution in [0, 0.1) is 0 Å². The number of amides is 1. The summed E-state index contributed by atoms with van der Waals surface area (Å²) < 4.78 is 4.91. The number of carbonyl (C=O) groups excluding carboxylic acids is 2. The number of epoxide rings is 1. The second-order valence-electron chi connectivity index (χ2n) is 4.36. The quantitative estimate of drug-likeness (QED) is 0.480. The van der Waals surface area contributed by atoms with E-state index >= 15 is 0 Å². The van der Waals surface area contributed by atoms with E-state index in [1.165, 1.54) is 25.7 Å². The Morgan fingerprint density at radius 2 is 1.69 bits per heavy atom. The molecule has 92 valence electrons. The van der Waals surface area contributed by atoms with Gasteiger partial charge < -0.3 is 10.5 Å². The lowest BCUT2D eigenvalue weighted by Gasteiger charge is -1.99. The maximum absolute atomic E-state index is 11.5. The number of ketones is 1. The molecule has 1 aliphatic heterocycles. The van der Waals surface area contributed by atoms with Crippen LogP contribution in [0.4, 0.5) is 0 Å². The smallest absolute Gasteiger partial charge is 0.249 e. The van der Waals surface area contributed by atoms with Crippen molar-refractivity contribution in [2.45, 2.75) is 64.1 Å². The number of hydrogen-bond acceptors (Lipinski definition) is 3. The van der Waals surface area contributed by atoms with E-state index in [0.717, 1.165) is 12.8 Å². The summed E-state index contributed by atoms with van der Waals surface area (Å²) in [5, 5.41) is 0. The average Bonchev–Trinajstić information content (AvgIpc) is 3.02. The number of unbranched alkanes of at least 4 members (excludes halogenated alkanes) is 5. The van der Waals surface area contributed by atoms with Gasteiger partial charge in [-0.2, -0.15) is 0 Å². The lowest BCUT2D eigenvalue weighted by atomic mass is 10.1. The van der Waals surface area contributed by atoms with Crippen LogP contribution in [0.1, 0.15) is 51.9 Å². The molecular weight excluding hydrogens is 206 g/mol. The minimum atomic E-state index is -0.646. The Labute approximate surface area is 96.5 Å². The summed E-state index contributed by atoms with van der Waals surface area (Å²) >= 11 is 0. The molecule has 0 aliphatic carbocycles. The van der Waals surface area contributed by atoms with Crippen molar-refractivity contribution in [2.75, 3.05) is 0 Å². The molecule has 0 aromatic rings. The van der Waals surface area contributed by atoms with Gasteiger partial charge in [0.2, 0.25) is 5.91 Å². The molecule has 1 amide bonds. The topological polar surface area (TPSA) is 72.7 Å². The fourth-order valence-electron chi connectivity index (χ4n) is 1.80. The van der Waals surface area contributed by atoms with Crippen molar-refractivity contribution >= 4 is 11.7 Å². The Kier molecular flexibility index (Phi) is 5.46. The first-order chi connectivity index (χ1) is 7.66. The lowest BCUT2D eigenvalue weighted by molar-refractivity contribution is -0.121. The second kappa shape index (κ2) is 6.63. The van der Waals surface area contributed by atoms with Crippen LogP contribution < -0.4 is 5.73 Å². The molecule has 2 atom stereocenters. The molecule has 0 bridgehead atoms. The van der Waals surface area contributed by atoms with Crippen molar-refractivity contribution in [3.63, 3.8) is 0 Å². The number of Topliss-reactive ketones (excluding diaryl/α,β-unsaturated/α-hetero) is 1. The van der Waals surface area contributed by atoms with Gasteiger partial charge in [0.05, 0.1) is 0 Å². The Bertz CT molecular complexity index is 253. The lowest BCUT2D eigenvalue weighted by Crippen LogP contribution is -2.22. The molecule has 0 unspecified atom stereocenters. The molecular formula is C12H21NO3. The van der Waals surface area contributed by atoms with Gasteiger partial charge in [0.1, 0.15) is 0 Å². The van der Waals surface area contributed by atoms with E-state index in [1.807, 2.05) is 0 Å². The molecule has 0 aromatic carbocycles. The normalized spacial score (nSPS) is 23.1. The molecule has 4 heteroatoms. The highest BCUT2D eigenvalue weighted by Crippen LogP contribution is 2.24. The fraction of sp³-hybridized carbons (Fsp3) is 0.833. The van der Waals surface area contributed by atoms with Crippen LogP contribution in [-0.4, -0.2) is 23.9 Å². The first-order valence-corrected chi connectivity index (χ1v) is 6.14. The molecule has 4 nitrogen and oxygen atoms in total. The monoisotopic (exact) mass is 227 g/mol. The van der Waals surface area contributed by atoms with Crippen LogP contribution in [0.25, 0.3) is 0 Å². The summed E-state index contributed by atoms with van der Waals surface area (Å²) in [5.41, 5.74) is 5.02. The minimum absolute atomic E-state index is 0.0271. The van der Waals surface area contributed by atoms with Crippen molar-refractivity contribution in [2.24, 2.45) is 5.73 Å². The van der Waals surface area contributed by atoms with E-state index in [0.29, 0.717) is 6.42 Å². The van der Waals surface area contributed by atoms with Gasteiger partial charge in [-0.1, -0.05) is 39.0 Å². The first-order valence-electron chi connectivity index (χ1n) is 6.14. The van der Waals surface area contributed by atoms with Gasteiger partial charge in [0.25, 0.3) is 0 Å². The number of rotatable bonds is 9. The number of nitrogens with two attached hydrogens (primary N) is 1. The SMILES string of the molecule is CCCCCCCCC(=O)[C@H]1O[C@H]1C(N)=O. The third-order valence-electron chi connectivity index (χ3n) is 2.87. The number of hydrogen-bond donors (Lipinski definition) is 1. The minimum Gasteiger partial charge on any atom is -0.367 e. The summed E-state index contributed by atoms with van der Waals surface area (Å²) in [6, 6.07) is 0. The van der Waals surface area contributed by atoms with Crippen LogP contribution in [0.15, 0.2) is 0 Å². The Hall–Kier alpha value is -0.900. The van der Waals surface area contributed by atoms with Crippen molar-refractivity contribution in [1.82, 2.24) is 0 Å². The third-order valence-corrected chi connectivity index (χ3v) is 2.87. The molecule has 0 spiro atoms. The van der Waals surface area contributed by atoms with Gasteiger partial charge in [0, 0.05) is 6.42 Å². The Morgan fingerprint density at radius 1 is 1.06 bits per heavy atom. The van der Waals surface area contributed by atoms with Crippen LogP contribution in [0.5, 0.6) is 0 Å². The number of ether oxygens (including phenoxy) is 1. The number of carbonyl (C=O) groups is 2. The summed E-state index contributed by atoms with van der Waals surface area (Å²) in [4.78, 5) is 22.1. The van der Waals surface area contributed by atoms with E-state index in [1.54, 1.807) is 0 Å². The van der Waals surface area contributed by atoms with Crippen molar-refractivity contribution in [1.29, 1.82) is 0 Å². The molecule has 1 saturated heterocycles. The van der Waals surface area contributed by atoms with E-state index in [-0.39, 0.29) is 5.78 Å². The third kappa shape index (κ3) is 4.31. The number of primary amides is 1. The van der Waals surface area contributed by atoms with E-state index in [9.17, 15) is 9.59 Å². The van der Waals surface area contributed by atoms with Crippen molar-refractivity contribution in [3.8, 4) is 0 Å². The Morgan fingerprint density at radius 3 is 2.25 bits per heavy atom. The Balaban J connectivity index is 1.98. The molecule has 0 radical (unpaired) electrons. The van der Waals surface area contributed by atoms with Gasteiger partial charge in [-0.05, 0) is 6.42 Å². The maximum atomic E-state index is 11.5. The van der Waals surface area contributed by atoms with Crippen LogP contribution in [0.2, 0.25) is 0 Å². The zero-order valence-corrected chi connectivity index (χ0v) is 9.91. The largest absolute Gasteiger partial charge is 0.367 e. The zero-order chi connectivity index (χ0) is 12.0. The first kappa shape index (κ1) is 13.2. The standard InChI is InChI=1S/C12H21NO3/c1-2-3-4-5-6-7-8-9(14)10-11(16-10)12(13)15/h10-11H,2-8H2,1H3,(H2,13,15)/t10-,11-/m1/s1. The zero-order valence-electron chi connectivity index (χ0n) is 9.91. The highest BCUT2D eigenvalue weighted by atomic mass is 16.6. The second-order valence-corrected chi connectivity index (χ2v) is 4.36. The predicted molar refractivity (Wildman–Crippen MR) is 60.9 cm³/mol. The van der Waals surface area contributed by atoms with Crippen molar-refractivity contribution in [3.05, 3.63) is 0 Å². The van der Waals surface area contributed by atoms with E-state index in [4.69, 9.17) is 10.5 Å². The molecule has 1 aliphatic rings. The molecule has 0 saturated carbocycles. The highest BCUT2D eigenvalue weighted by Gasteiger charge is 2.48. The van der Waals surface area contributed by atoms with Crippen LogP contribution in [0.3, 0.4) is 0 Å². The van der Waals surface area contributed by atoms with E-state index in [2.05, 4.69) is 6.92 Å². The molecule has 1 rings (SSSR count). The average molecular weight is 227 g/mol. The summed E-state index contributed by atoms with van der Waals surface area (Å²) in [5.74, 6) is -0.499. The molecule has 16 heavy (non-hydrogen) atoms. The van der Waals surface area contributed by atoms with Gasteiger partial charge in [-0.3, -0.25) is 9.59 Å². The maximum Gasteiger partial charge on any atom is 0.249 e. The molecule has 1 fully saturated rings. The summed E-state index contributed by atoms with van der Waals surface area (Å²) in [6.45, 7) is 2.18. The van der Waals surface area contributed by atoms with Gasteiger partial charge in [0.15, 0.2) is 18.0 Å². The highest BCUT2D eigenvalue weighted by molar-refractivity contribution is 5.95. The van der Waals surface area contributed by atoms with Gasteiger partial charge in [-0.25, -0.2) is 0 Å². The van der Waals surface area contributed by atoms with E-state index < -0.39 is 18.1 Å². The van der Waals surface area contributed by atoms with Gasteiger partial charge in [-0.15, -0.1) is 0 Å². The summed E-state index contributed by atoms with van der Waals surface area (Å²) in [7, 11) is 0. The van der Waals surface area contributed by atoms with Crippen LogP contribution in [-0.2, 0) is 14.3 Å². The molecule has 0 aromatic heterocycles. The molecule has 2 N–H and O–H groups in total.